The first-order valence-corrected chi connectivity index (χ1v) is 7.41. The van der Waals surface area contributed by atoms with Crippen LogP contribution >= 0.6 is 0 Å². The van der Waals surface area contributed by atoms with Gasteiger partial charge in [0.2, 0.25) is 0 Å². The van der Waals surface area contributed by atoms with Gasteiger partial charge in [-0.1, -0.05) is 33.3 Å². The Bertz CT molecular complexity index is 222. The van der Waals surface area contributed by atoms with E-state index in [2.05, 4.69) is 39.6 Å². The Morgan fingerprint density at radius 2 is 2.00 bits per heavy atom. The van der Waals surface area contributed by atoms with Crippen LogP contribution in [0.5, 0.6) is 0 Å². The molecule has 4 unspecified atom stereocenters. The van der Waals surface area contributed by atoms with E-state index < -0.39 is 0 Å². The first-order chi connectivity index (χ1) is 8.04. The third kappa shape index (κ3) is 4.83. The molecule has 0 aromatic heterocycles. The molecule has 1 rings (SSSR count). The van der Waals surface area contributed by atoms with Crippen molar-refractivity contribution in [1.82, 2.24) is 5.32 Å². The summed E-state index contributed by atoms with van der Waals surface area (Å²) in [6.45, 7) is 13.3. The van der Waals surface area contributed by atoms with E-state index in [1.165, 1.54) is 25.7 Å². The second-order valence-electron chi connectivity index (χ2n) is 6.37. The van der Waals surface area contributed by atoms with E-state index in [0.717, 1.165) is 30.2 Å². The molecule has 1 saturated carbocycles. The molecule has 0 aromatic rings. The SMILES string of the molecule is C=CCCC(C)NC1CC(C)CCC1C(C)C. The first kappa shape index (κ1) is 14.8. The van der Waals surface area contributed by atoms with E-state index >= 15 is 0 Å². The molecule has 0 amide bonds. The van der Waals surface area contributed by atoms with Gasteiger partial charge in [-0.15, -0.1) is 6.58 Å². The topological polar surface area (TPSA) is 12.0 Å². The highest BCUT2D eigenvalue weighted by atomic mass is 15.0. The normalized spacial score (nSPS) is 31.5. The lowest BCUT2D eigenvalue weighted by molar-refractivity contribution is 0.159. The molecule has 100 valence electrons. The van der Waals surface area contributed by atoms with Crippen LogP contribution < -0.4 is 5.32 Å². The minimum absolute atomic E-state index is 0.629. The molecule has 1 fully saturated rings. The van der Waals surface area contributed by atoms with Crippen molar-refractivity contribution in [3.8, 4) is 0 Å². The Balaban J connectivity index is 2.48. The van der Waals surface area contributed by atoms with E-state index in [9.17, 15) is 0 Å². The van der Waals surface area contributed by atoms with Gasteiger partial charge in [-0.3, -0.25) is 0 Å². The lowest BCUT2D eigenvalue weighted by Gasteiger charge is -2.39. The van der Waals surface area contributed by atoms with Gasteiger partial charge < -0.3 is 5.32 Å². The van der Waals surface area contributed by atoms with Gasteiger partial charge in [-0.05, 0) is 50.4 Å². The Kier molecular flexibility index (Phi) is 6.26. The Morgan fingerprint density at radius 3 is 2.59 bits per heavy atom. The van der Waals surface area contributed by atoms with Crippen molar-refractivity contribution in [1.29, 1.82) is 0 Å². The molecule has 1 heteroatoms. The molecule has 4 atom stereocenters. The van der Waals surface area contributed by atoms with E-state index in [4.69, 9.17) is 0 Å². The number of hydrogen-bond acceptors (Lipinski definition) is 1. The number of nitrogens with one attached hydrogen (secondary N) is 1. The maximum atomic E-state index is 3.87. The van der Waals surface area contributed by atoms with Crippen LogP contribution in [0.15, 0.2) is 12.7 Å². The summed E-state index contributed by atoms with van der Waals surface area (Å²) in [4.78, 5) is 0. The third-order valence-electron chi connectivity index (χ3n) is 4.32. The van der Waals surface area contributed by atoms with Crippen molar-refractivity contribution >= 4 is 0 Å². The summed E-state index contributed by atoms with van der Waals surface area (Å²) in [5, 5.41) is 3.87. The lowest BCUT2D eigenvalue weighted by atomic mass is 9.74. The van der Waals surface area contributed by atoms with Crippen molar-refractivity contribution < 1.29 is 0 Å². The third-order valence-corrected chi connectivity index (χ3v) is 4.32. The van der Waals surface area contributed by atoms with Crippen LogP contribution in [0.3, 0.4) is 0 Å². The van der Waals surface area contributed by atoms with Crippen LogP contribution in [0.25, 0.3) is 0 Å². The van der Waals surface area contributed by atoms with Gasteiger partial charge in [0.15, 0.2) is 0 Å². The summed E-state index contributed by atoms with van der Waals surface area (Å²) in [6.07, 6.45) is 8.57. The average molecular weight is 237 g/mol. The second-order valence-corrected chi connectivity index (χ2v) is 6.37. The van der Waals surface area contributed by atoms with Gasteiger partial charge in [0.05, 0.1) is 0 Å². The average Bonchev–Trinajstić information content (AvgIpc) is 2.26. The second kappa shape index (κ2) is 7.20. The molecular weight excluding hydrogens is 206 g/mol. The van der Waals surface area contributed by atoms with Gasteiger partial charge >= 0.3 is 0 Å². The fourth-order valence-electron chi connectivity index (χ4n) is 3.21. The fourth-order valence-corrected chi connectivity index (χ4v) is 3.21. The maximum absolute atomic E-state index is 3.87. The molecule has 0 spiro atoms. The zero-order valence-corrected chi connectivity index (χ0v) is 12.2. The Hall–Kier alpha value is -0.300. The summed E-state index contributed by atoms with van der Waals surface area (Å²) >= 11 is 0. The van der Waals surface area contributed by atoms with Gasteiger partial charge in [0.25, 0.3) is 0 Å². The molecule has 0 heterocycles. The van der Waals surface area contributed by atoms with E-state index in [0.29, 0.717) is 6.04 Å². The zero-order chi connectivity index (χ0) is 12.8. The minimum Gasteiger partial charge on any atom is -0.311 e. The number of rotatable bonds is 6. The molecule has 1 aliphatic carbocycles. The highest BCUT2D eigenvalue weighted by Crippen LogP contribution is 2.33. The zero-order valence-electron chi connectivity index (χ0n) is 12.2. The van der Waals surface area contributed by atoms with Crippen molar-refractivity contribution in [2.24, 2.45) is 17.8 Å². The standard InChI is InChI=1S/C16H31N/c1-6-7-8-14(5)17-16-11-13(4)9-10-15(16)12(2)3/h6,12-17H,1,7-11H2,2-5H3. The summed E-state index contributed by atoms with van der Waals surface area (Å²) in [6, 6.07) is 1.36. The van der Waals surface area contributed by atoms with Crippen LogP contribution in [-0.4, -0.2) is 12.1 Å². The molecular formula is C16H31N. The van der Waals surface area contributed by atoms with Crippen molar-refractivity contribution in [2.45, 2.75) is 71.9 Å². The first-order valence-electron chi connectivity index (χ1n) is 7.41. The van der Waals surface area contributed by atoms with Crippen LogP contribution in [0.2, 0.25) is 0 Å². The van der Waals surface area contributed by atoms with Gasteiger partial charge in [-0.25, -0.2) is 0 Å². The monoisotopic (exact) mass is 237 g/mol. The highest BCUT2D eigenvalue weighted by molar-refractivity contribution is 4.87. The molecule has 0 aromatic carbocycles. The summed E-state index contributed by atoms with van der Waals surface area (Å²) < 4.78 is 0. The molecule has 1 N–H and O–H groups in total. The van der Waals surface area contributed by atoms with Crippen LogP contribution in [0, 0.1) is 17.8 Å². The molecule has 1 nitrogen and oxygen atoms in total. The molecule has 1 aliphatic rings. The smallest absolute Gasteiger partial charge is 0.0103 e. The summed E-state index contributed by atoms with van der Waals surface area (Å²) in [5.41, 5.74) is 0. The molecule has 17 heavy (non-hydrogen) atoms. The quantitative estimate of drug-likeness (QED) is 0.676. The summed E-state index contributed by atoms with van der Waals surface area (Å²) in [5.74, 6) is 2.58. The van der Waals surface area contributed by atoms with Gasteiger partial charge in [-0.2, -0.15) is 0 Å². The van der Waals surface area contributed by atoms with E-state index in [1.54, 1.807) is 0 Å². The minimum atomic E-state index is 0.629. The van der Waals surface area contributed by atoms with Crippen molar-refractivity contribution in [3.05, 3.63) is 12.7 Å². The van der Waals surface area contributed by atoms with Crippen LogP contribution in [0.1, 0.15) is 59.8 Å². The molecule has 0 saturated heterocycles. The molecule has 0 bridgehead atoms. The maximum Gasteiger partial charge on any atom is 0.0103 e. The van der Waals surface area contributed by atoms with Gasteiger partial charge in [0, 0.05) is 12.1 Å². The van der Waals surface area contributed by atoms with Crippen molar-refractivity contribution in [3.63, 3.8) is 0 Å². The van der Waals surface area contributed by atoms with Gasteiger partial charge in [0.1, 0.15) is 0 Å². The lowest BCUT2D eigenvalue weighted by Crippen LogP contribution is -2.46. The largest absolute Gasteiger partial charge is 0.311 e. The number of allylic oxidation sites excluding steroid dienone is 1. The molecule has 0 aliphatic heterocycles. The predicted octanol–water partition coefficient (Wildman–Crippen LogP) is 4.39. The fraction of sp³-hybridized carbons (Fsp3) is 0.875. The number of hydrogen-bond donors (Lipinski definition) is 1. The Labute approximate surface area is 108 Å². The van der Waals surface area contributed by atoms with E-state index in [-0.39, 0.29) is 0 Å². The van der Waals surface area contributed by atoms with Crippen molar-refractivity contribution in [2.75, 3.05) is 0 Å². The summed E-state index contributed by atoms with van der Waals surface area (Å²) in [7, 11) is 0. The highest BCUT2D eigenvalue weighted by Gasteiger charge is 2.30. The predicted molar refractivity (Wildman–Crippen MR) is 77.2 cm³/mol. The van der Waals surface area contributed by atoms with E-state index in [1.807, 2.05) is 6.08 Å². The Morgan fingerprint density at radius 1 is 1.29 bits per heavy atom. The van der Waals surface area contributed by atoms with Crippen LogP contribution in [-0.2, 0) is 0 Å². The van der Waals surface area contributed by atoms with Crippen LogP contribution in [0.4, 0.5) is 0 Å². The molecule has 0 radical (unpaired) electrons.